The summed E-state index contributed by atoms with van der Waals surface area (Å²) in [6.45, 7) is 8.82. The lowest BCUT2D eigenvalue weighted by Crippen LogP contribution is -2.29. The van der Waals surface area contributed by atoms with Gasteiger partial charge in [0, 0.05) is 16.9 Å². The second-order valence-corrected chi connectivity index (χ2v) is 12.6. The standard InChI is InChI=1S/C49H37N/c1-3-44-45(4-2)49(40-22-13-7-14-23-40,41-24-15-8-16-25-41)46-26-17-27-47(48(44)46)50(42-32-28-38(29-33-42)36-18-9-5-10-19-36)43-34-30-39(31-35-43)37-20-11-6-12-21-37/h3-35H,1-2H2. The summed E-state index contributed by atoms with van der Waals surface area (Å²) in [4.78, 5) is 2.39. The highest BCUT2D eigenvalue weighted by molar-refractivity contribution is 5.99. The van der Waals surface area contributed by atoms with E-state index in [1.54, 1.807) is 0 Å². The van der Waals surface area contributed by atoms with Gasteiger partial charge in [-0.15, -0.1) is 0 Å². The highest BCUT2D eigenvalue weighted by Crippen LogP contribution is 2.58. The van der Waals surface area contributed by atoms with Gasteiger partial charge in [-0.25, -0.2) is 0 Å². The van der Waals surface area contributed by atoms with Crippen LogP contribution >= 0.6 is 0 Å². The van der Waals surface area contributed by atoms with Crippen molar-refractivity contribution in [2.45, 2.75) is 5.41 Å². The van der Waals surface area contributed by atoms with E-state index in [4.69, 9.17) is 0 Å². The van der Waals surface area contributed by atoms with Crippen molar-refractivity contribution in [3.8, 4) is 22.3 Å². The van der Waals surface area contributed by atoms with Gasteiger partial charge in [0.25, 0.3) is 0 Å². The fourth-order valence-electron chi connectivity index (χ4n) is 7.74. The summed E-state index contributed by atoms with van der Waals surface area (Å²) in [6, 6.07) is 67.3. The summed E-state index contributed by atoms with van der Waals surface area (Å²) in [5.41, 5.74) is 14.4. The quantitative estimate of drug-likeness (QED) is 0.152. The third kappa shape index (κ3) is 5.12. The lowest BCUT2D eigenvalue weighted by atomic mass is 9.67. The van der Waals surface area contributed by atoms with Gasteiger partial charge in [0.15, 0.2) is 0 Å². The fourth-order valence-corrected chi connectivity index (χ4v) is 7.74. The van der Waals surface area contributed by atoms with Crippen LogP contribution in [0.2, 0.25) is 0 Å². The summed E-state index contributed by atoms with van der Waals surface area (Å²) >= 11 is 0. The highest BCUT2D eigenvalue weighted by Gasteiger charge is 2.47. The molecule has 0 amide bonds. The molecule has 0 unspecified atom stereocenters. The van der Waals surface area contributed by atoms with Crippen LogP contribution in [-0.4, -0.2) is 0 Å². The molecular formula is C49H37N. The van der Waals surface area contributed by atoms with E-state index < -0.39 is 5.41 Å². The van der Waals surface area contributed by atoms with Crippen LogP contribution in [0.4, 0.5) is 17.1 Å². The normalized spacial score (nSPS) is 13.0. The third-order valence-electron chi connectivity index (χ3n) is 9.94. The summed E-state index contributed by atoms with van der Waals surface area (Å²) in [5.74, 6) is 0. The summed E-state index contributed by atoms with van der Waals surface area (Å²) in [7, 11) is 0. The molecule has 0 N–H and O–H groups in total. The number of allylic oxidation sites excluding steroid dienone is 4. The Morgan fingerprint density at radius 1 is 0.400 bits per heavy atom. The van der Waals surface area contributed by atoms with Gasteiger partial charge in [-0.1, -0.05) is 183 Å². The SMILES string of the molecule is C=CC1=C(C=C)C(c2ccccc2)(c2ccccc2)c2cccc(N(c3ccc(-c4ccccc4)cc3)c3ccc(-c4ccccc4)cc3)c21. The number of fused-ring (bicyclic) bond motifs is 1. The van der Waals surface area contributed by atoms with E-state index in [0.29, 0.717) is 0 Å². The van der Waals surface area contributed by atoms with E-state index in [2.05, 4.69) is 206 Å². The maximum absolute atomic E-state index is 4.42. The van der Waals surface area contributed by atoms with Crippen LogP contribution in [-0.2, 0) is 5.41 Å². The molecule has 7 aromatic rings. The molecule has 0 spiro atoms. The van der Waals surface area contributed by atoms with Gasteiger partial charge in [-0.05, 0) is 80.4 Å². The second kappa shape index (κ2) is 13.2. The maximum Gasteiger partial charge on any atom is 0.0714 e. The van der Waals surface area contributed by atoms with Gasteiger partial charge in [0.05, 0.1) is 11.1 Å². The van der Waals surface area contributed by atoms with Crippen LogP contribution in [0, 0.1) is 0 Å². The fraction of sp³-hybridized carbons (Fsp3) is 0.0204. The molecule has 0 aliphatic heterocycles. The van der Waals surface area contributed by atoms with Crippen molar-refractivity contribution in [3.63, 3.8) is 0 Å². The lowest BCUT2D eigenvalue weighted by molar-refractivity contribution is 0.762. The van der Waals surface area contributed by atoms with Gasteiger partial charge < -0.3 is 4.90 Å². The van der Waals surface area contributed by atoms with E-state index in [0.717, 1.165) is 33.8 Å². The minimum Gasteiger partial charge on any atom is -0.310 e. The Labute approximate surface area is 295 Å². The van der Waals surface area contributed by atoms with E-state index >= 15 is 0 Å². The number of nitrogens with zero attached hydrogens (tertiary/aromatic N) is 1. The summed E-state index contributed by atoms with van der Waals surface area (Å²) in [5, 5.41) is 0. The number of anilines is 3. The zero-order valence-corrected chi connectivity index (χ0v) is 27.9. The van der Waals surface area contributed by atoms with Crippen molar-refractivity contribution in [2.24, 2.45) is 0 Å². The van der Waals surface area contributed by atoms with E-state index in [1.807, 2.05) is 12.2 Å². The monoisotopic (exact) mass is 639 g/mol. The number of hydrogen-bond acceptors (Lipinski definition) is 1. The average Bonchev–Trinajstić information content (AvgIpc) is 3.51. The molecule has 0 saturated carbocycles. The first-order valence-corrected chi connectivity index (χ1v) is 17.1. The predicted molar refractivity (Wildman–Crippen MR) is 212 cm³/mol. The molecule has 0 bridgehead atoms. The maximum atomic E-state index is 4.42. The number of hydrogen-bond donors (Lipinski definition) is 0. The Balaban J connectivity index is 1.38. The van der Waals surface area contributed by atoms with Crippen LogP contribution < -0.4 is 4.90 Å². The first kappa shape index (κ1) is 30.9. The Kier molecular flexibility index (Phi) is 8.16. The number of rotatable bonds is 9. The minimum atomic E-state index is -0.570. The smallest absolute Gasteiger partial charge is 0.0714 e. The van der Waals surface area contributed by atoms with Gasteiger partial charge in [-0.2, -0.15) is 0 Å². The summed E-state index contributed by atoms with van der Waals surface area (Å²) < 4.78 is 0. The second-order valence-electron chi connectivity index (χ2n) is 12.6. The average molecular weight is 640 g/mol. The lowest BCUT2D eigenvalue weighted by Gasteiger charge is -2.35. The summed E-state index contributed by atoms with van der Waals surface area (Å²) in [6.07, 6.45) is 4.05. The molecule has 1 aliphatic carbocycles. The van der Waals surface area contributed by atoms with E-state index in [-0.39, 0.29) is 0 Å². The highest BCUT2D eigenvalue weighted by atomic mass is 15.1. The molecule has 238 valence electrons. The molecule has 50 heavy (non-hydrogen) atoms. The van der Waals surface area contributed by atoms with Gasteiger partial charge in [-0.3, -0.25) is 0 Å². The molecule has 8 rings (SSSR count). The van der Waals surface area contributed by atoms with Crippen LogP contribution in [0.1, 0.15) is 22.3 Å². The topological polar surface area (TPSA) is 3.24 Å². The molecule has 7 aromatic carbocycles. The van der Waals surface area contributed by atoms with Gasteiger partial charge in [0.2, 0.25) is 0 Å². The third-order valence-corrected chi connectivity index (χ3v) is 9.94. The molecule has 0 heterocycles. The predicted octanol–water partition coefficient (Wildman–Crippen LogP) is 13.0. The van der Waals surface area contributed by atoms with Crippen molar-refractivity contribution < 1.29 is 0 Å². The molecule has 1 aliphatic rings. The molecule has 0 saturated heterocycles. The van der Waals surface area contributed by atoms with Gasteiger partial charge >= 0.3 is 0 Å². The molecule has 1 heteroatoms. The molecule has 0 radical (unpaired) electrons. The zero-order valence-electron chi connectivity index (χ0n) is 27.9. The Hall–Kier alpha value is -6.44. The number of benzene rings is 7. The Morgan fingerprint density at radius 2 is 0.820 bits per heavy atom. The first-order valence-electron chi connectivity index (χ1n) is 17.1. The Bertz CT molecular complexity index is 2180. The van der Waals surface area contributed by atoms with Gasteiger partial charge in [0.1, 0.15) is 0 Å². The van der Waals surface area contributed by atoms with Crippen LogP contribution in [0.5, 0.6) is 0 Å². The largest absolute Gasteiger partial charge is 0.310 e. The Morgan fingerprint density at radius 3 is 1.24 bits per heavy atom. The van der Waals surface area contributed by atoms with Crippen molar-refractivity contribution in [1.82, 2.24) is 0 Å². The van der Waals surface area contributed by atoms with Crippen molar-refractivity contribution in [3.05, 3.63) is 241 Å². The molecule has 1 nitrogen and oxygen atoms in total. The van der Waals surface area contributed by atoms with Crippen molar-refractivity contribution >= 4 is 22.6 Å². The zero-order chi connectivity index (χ0) is 33.9. The van der Waals surface area contributed by atoms with Crippen LogP contribution in [0.25, 0.3) is 27.8 Å². The first-order chi connectivity index (χ1) is 24.7. The molecule has 0 fully saturated rings. The van der Waals surface area contributed by atoms with Crippen LogP contribution in [0.15, 0.2) is 219 Å². The molecular weight excluding hydrogens is 603 g/mol. The van der Waals surface area contributed by atoms with E-state index in [1.165, 1.54) is 38.9 Å². The minimum absolute atomic E-state index is 0.570. The van der Waals surface area contributed by atoms with Crippen LogP contribution in [0.3, 0.4) is 0 Å². The van der Waals surface area contributed by atoms with Crippen molar-refractivity contribution in [1.29, 1.82) is 0 Å². The van der Waals surface area contributed by atoms with E-state index in [9.17, 15) is 0 Å². The molecule has 0 aromatic heterocycles. The van der Waals surface area contributed by atoms with Crippen molar-refractivity contribution in [2.75, 3.05) is 4.90 Å². The molecule has 0 atom stereocenters.